The van der Waals surface area contributed by atoms with Crippen molar-refractivity contribution in [1.82, 2.24) is 5.32 Å². The number of halogens is 1. The molecule has 18 heavy (non-hydrogen) atoms. The quantitative estimate of drug-likeness (QED) is 0.882. The van der Waals surface area contributed by atoms with E-state index in [1.807, 2.05) is 18.2 Å². The van der Waals surface area contributed by atoms with Crippen molar-refractivity contribution in [2.24, 2.45) is 5.92 Å². The maximum Gasteiger partial charge on any atom is 0.320 e. The van der Waals surface area contributed by atoms with E-state index in [-0.39, 0.29) is 18.4 Å². The largest absolute Gasteiger partial charge is 0.480 e. The molecular weight excluding hydrogens is 250 g/mol. The minimum Gasteiger partial charge on any atom is -0.480 e. The molecule has 3 nitrogen and oxygen atoms in total. The molecule has 1 aromatic carbocycles. The predicted molar refractivity (Wildman–Crippen MR) is 74.9 cm³/mol. The maximum absolute atomic E-state index is 10.8. The fraction of sp³-hybridized carbons (Fsp3) is 0.357. The average molecular weight is 268 g/mol. The smallest absolute Gasteiger partial charge is 0.320 e. The zero-order valence-corrected chi connectivity index (χ0v) is 10.9. The number of hydrogen-bond acceptors (Lipinski definition) is 2. The summed E-state index contributed by atoms with van der Waals surface area (Å²) in [5, 5.41) is 11.9. The minimum absolute atomic E-state index is 0. The summed E-state index contributed by atoms with van der Waals surface area (Å²) in [5.41, 5.74) is 1.19. The lowest BCUT2D eigenvalue weighted by atomic mass is 10.0. The third-order valence-electron chi connectivity index (χ3n) is 3.10. The molecule has 0 spiro atoms. The van der Waals surface area contributed by atoms with Gasteiger partial charge in [-0.25, -0.2) is 0 Å². The van der Waals surface area contributed by atoms with E-state index < -0.39 is 5.97 Å². The molecule has 98 valence electrons. The molecule has 0 amide bonds. The van der Waals surface area contributed by atoms with Crippen molar-refractivity contribution in [1.29, 1.82) is 0 Å². The summed E-state index contributed by atoms with van der Waals surface area (Å²) in [5.74, 6) is -0.296. The molecule has 1 aromatic rings. The number of aliphatic carboxylic acids is 1. The summed E-state index contributed by atoms with van der Waals surface area (Å²) in [7, 11) is 0. The Labute approximate surface area is 113 Å². The molecule has 2 rings (SSSR count). The van der Waals surface area contributed by atoms with E-state index in [0.717, 1.165) is 19.4 Å². The Hall–Kier alpha value is -1.32. The number of benzene rings is 1. The van der Waals surface area contributed by atoms with Gasteiger partial charge in [-0.15, -0.1) is 12.4 Å². The maximum atomic E-state index is 10.8. The molecule has 1 aliphatic rings. The van der Waals surface area contributed by atoms with Crippen LogP contribution in [0.15, 0.2) is 36.4 Å². The molecule has 1 fully saturated rings. The van der Waals surface area contributed by atoms with Crippen molar-refractivity contribution in [3.8, 4) is 0 Å². The number of carboxylic acids is 1. The summed E-state index contributed by atoms with van der Waals surface area (Å²) < 4.78 is 0. The van der Waals surface area contributed by atoms with E-state index >= 15 is 0 Å². The monoisotopic (exact) mass is 267 g/mol. The zero-order chi connectivity index (χ0) is 12.1. The van der Waals surface area contributed by atoms with Crippen LogP contribution >= 0.6 is 12.4 Å². The minimum atomic E-state index is -0.737. The molecule has 1 aliphatic heterocycles. The van der Waals surface area contributed by atoms with E-state index in [1.165, 1.54) is 5.56 Å². The lowest BCUT2D eigenvalue weighted by Crippen LogP contribution is -2.29. The highest BCUT2D eigenvalue weighted by atomic mass is 35.5. The van der Waals surface area contributed by atoms with Gasteiger partial charge in [-0.1, -0.05) is 42.5 Å². The van der Waals surface area contributed by atoms with Gasteiger partial charge in [0.2, 0.25) is 0 Å². The molecule has 0 unspecified atom stereocenters. The molecule has 0 bridgehead atoms. The summed E-state index contributed by atoms with van der Waals surface area (Å²) in [4.78, 5) is 10.8. The summed E-state index contributed by atoms with van der Waals surface area (Å²) in [6, 6.07) is 9.78. The predicted octanol–water partition coefficient (Wildman–Crippen LogP) is 2.57. The first-order chi connectivity index (χ1) is 8.25. The highest BCUT2D eigenvalue weighted by Gasteiger charge is 2.27. The summed E-state index contributed by atoms with van der Waals surface area (Å²) >= 11 is 0. The molecule has 1 saturated heterocycles. The van der Waals surface area contributed by atoms with Gasteiger partial charge >= 0.3 is 5.97 Å². The Morgan fingerprint density at radius 2 is 2.11 bits per heavy atom. The van der Waals surface area contributed by atoms with Gasteiger partial charge in [0, 0.05) is 0 Å². The number of carboxylic acid groups (broad SMARTS) is 1. The number of hydrogen-bond donors (Lipinski definition) is 2. The molecule has 2 N–H and O–H groups in total. The third-order valence-corrected chi connectivity index (χ3v) is 3.10. The van der Waals surface area contributed by atoms with E-state index in [9.17, 15) is 4.79 Å². The van der Waals surface area contributed by atoms with Crippen molar-refractivity contribution in [2.45, 2.75) is 18.9 Å². The van der Waals surface area contributed by atoms with Crippen molar-refractivity contribution in [2.75, 3.05) is 6.54 Å². The number of nitrogens with one attached hydrogen (secondary N) is 1. The van der Waals surface area contributed by atoms with Crippen LogP contribution in [-0.2, 0) is 4.79 Å². The van der Waals surface area contributed by atoms with Crippen molar-refractivity contribution < 1.29 is 9.90 Å². The standard InChI is InChI=1S/C14H17NO2.ClH/c16-14(17)13-9-12(10-15-13)8-4-7-11-5-2-1-3-6-11;/h1-7,12-13,15H,8-10H2,(H,16,17);1H/t12-,13+;/m1./s1. The molecule has 0 saturated carbocycles. The first kappa shape index (κ1) is 14.7. The molecule has 0 radical (unpaired) electrons. The van der Waals surface area contributed by atoms with Crippen LogP contribution in [-0.4, -0.2) is 23.7 Å². The number of rotatable bonds is 4. The van der Waals surface area contributed by atoms with E-state index in [0.29, 0.717) is 5.92 Å². The summed E-state index contributed by atoms with van der Waals surface area (Å²) in [6.07, 6.45) is 5.89. The van der Waals surface area contributed by atoms with Gasteiger partial charge in [0.15, 0.2) is 0 Å². The second-order valence-electron chi connectivity index (χ2n) is 4.45. The van der Waals surface area contributed by atoms with Crippen LogP contribution in [0.2, 0.25) is 0 Å². The Bertz CT molecular complexity index is 406. The Morgan fingerprint density at radius 1 is 1.39 bits per heavy atom. The topological polar surface area (TPSA) is 49.3 Å². The first-order valence-electron chi connectivity index (χ1n) is 5.93. The van der Waals surface area contributed by atoms with Crippen LogP contribution in [0.3, 0.4) is 0 Å². The van der Waals surface area contributed by atoms with Gasteiger partial charge in [-0.3, -0.25) is 4.79 Å². The highest BCUT2D eigenvalue weighted by molar-refractivity contribution is 5.85. The van der Waals surface area contributed by atoms with E-state index in [1.54, 1.807) is 0 Å². The molecule has 2 atom stereocenters. The van der Waals surface area contributed by atoms with Crippen LogP contribution in [0, 0.1) is 5.92 Å². The van der Waals surface area contributed by atoms with Crippen LogP contribution < -0.4 is 5.32 Å². The van der Waals surface area contributed by atoms with Crippen molar-refractivity contribution >= 4 is 24.5 Å². The highest BCUT2D eigenvalue weighted by Crippen LogP contribution is 2.18. The molecule has 0 aromatic heterocycles. The normalized spacial score (nSPS) is 22.9. The van der Waals surface area contributed by atoms with Gasteiger partial charge < -0.3 is 10.4 Å². The molecule has 1 heterocycles. The number of carbonyl (C=O) groups is 1. The average Bonchev–Trinajstić information content (AvgIpc) is 2.79. The Balaban J connectivity index is 0.00000162. The summed E-state index contributed by atoms with van der Waals surface area (Å²) in [6.45, 7) is 0.802. The zero-order valence-electron chi connectivity index (χ0n) is 10.1. The molecular formula is C14H18ClNO2. The SMILES string of the molecule is Cl.O=C(O)[C@@H]1C[C@@H](CC=Cc2ccccc2)CN1. The third kappa shape index (κ3) is 4.17. The number of allylic oxidation sites excluding steroid dienone is 1. The second-order valence-corrected chi connectivity index (χ2v) is 4.45. The van der Waals surface area contributed by atoms with Crippen molar-refractivity contribution in [3.05, 3.63) is 42.0 Å². The fourth-order valence-corrected chi connectivity index (χ4v) is 2.14. The lowest BCUT2D eigenvalue weighted by molar-refractivity contribution is -0.139. The molecule has 4 heteroatoms. The van der Waals surface area contributed by atoms with Crippen LogP contribution in [0.5, 0.6) is 0 Å². The second kappa shape index (κ2) is 7.19. The fourth-order valence-electron chi connectivity index (χ4n) is 2.14. The lowest BCUT2D eigenvalue weighted by Gasteiger charge is -2.03. The first-order valence-corrected chi connectivity index (χ1v) is 5.93. The van der Waals surface area contributed by atoms with Gasteiger partial charge in [0.05, 0.1) is 0 Å². The van der Waals surface area contributed by atoms with Crippen LogP contribution in [0.4, 0.5) is 0 Å². The van der Waals surface area contributed by atoms with E-state index in [4.69, 9.17) is 5.11 Å². The van der Waals surface area contributed by atoms with Crippen LogP contribution in [0.25, 0.3) is 6.08 Å². The van der Waals surface area contributed by atoms with Gasteiger partial charge in [0.25, 0.3) is 0 Å². The van der Waals surface area contributed by atoms with Gasteiger partial charge in [-0.05, 0) is 30.9 Å². The van der Waals surface area contributed by atoms with Gasteiger partial charge in [-0.2, -0.15) is 0 Å². The molecule has 0 aliphatic carbocycles. The van der Waals surface area contributed by atoms with Crippen molar-refractivity contribution in [3.63, 3.8) is 0 Å². The van der Waals surface area contributed by atoms with Crippen LogP contribution in [0.1, 0.15) is 18.4 Å². The Kier molecular flexibility index (Phi) is 5.89. The Morgan fingerprint density at radius 3 is 2.72 bits per heavy atom. The van der Waals surface area contributed by atoms with Gasteiger partial charge in [0.1, 0.15) is 6.04 Å². The van der Waals surface area contributed by atoms with E-state index in [2.05, 4.69) is 29.6 Å².